The Hall–Kier alpha value is -2.82. The van der Waals surface area contributed by atoms with E-state index in [-0.39, 0.29) is 22.9 Å². The molecule has 138 valence electrons. The number of anilines is 1. The van der Waals surface area contributed by atoms with Gasteiger partial charge < -0.3 is 5.32 Å². The van der Waals surface area contributed by atoms with Crippen molar-refractivity contribution in [3.05, 3.63) is 64.2 Å². The zero-order valence-corrected chi connectivity index (χ0v) is 14.9. The van der Waals surface area contributed by atoms with Crippen LogP contribution in [0.2, 0.25) is 0 Å². The van der Waals surface area contributed by atoms with Crippen molar-refractivity contribution in [3.63, 3.8) is 0 Å². The Labute approximate surface area is 150 Å². The molecule has 0 saturated heterocycles. The van der Waals surface area contributed by atoms with Gasteiger partial charge >= 0.3 is 0 Å². The minimum absolute atomic E-state index is 0.0233. The number of nitro benzene ring substituents is 1. The molecule has 0 aliphatic carbocycles. The monoisotopic (exact) mass is 379 g/mol. The number of benzene rings is 2. The molecule has 0 fully saturated rings. The summed E-state index contributed by atoms with van der Waals surface area (Å²) in [5.74, 6) is -0.330. The second-order valence-electron chi connectivity index (χ2n) is 5.27. The third kappa shape index (κ3) is 4.63. The Bertz CT molecular complexity index is 895. The van der Waals surface area contributed by atoms with Gasteiger partial charge in [-0.3, -0.25) is 19.7 Å². The van der Waals surface area contributed by atoms with E-state index in [1.165, 1.54) is 62.7 Å². The highest BCUT2D eigenvalue weighted by atomic mass is 32.2. The van der Waals surface area contributed by atoms with Gasteiger partial charge in [0.2, 0.25) is 5.91 Å². The van der Waals surface area contributed by atoms with Crippen LogP contribution in [0.3, 0.4) is 0 Å². The molecule has 2 rings (SSSR count). The van der Waals surface area contributed by atoms with Crippen molar-refractivity contribution in [2.75, 3.05) is 19.5 Å². The third-order valence-electron chi connectivity index (χ3n) is 3.54. The van der Waals surface area contributed by atoms with Crippen molar-refractivity contribution in [1.82, 2.24) is 4.47 Å². The van der Waals surface area contributed by atoms with Crippen molar-refractivity contribution in [1.29, 1.82) is 0 Å². The Balaban J connectivity index is 2.02. The molecule has 0 aromatic heterocycles. The lowest BCUT2D eigenvalue weighted by Crippen LogP contribution is -2.25. The zero-order chi connectivity index (χ0) is 19.3. The Morgan fingerprint density at radius 1 is 1.15 bits per heavy atom. The summed E-state index contributed by atoms with van der Waals surface area (Å²) < 4.78 is 24.9. The highest BCUT2D eigenvalue weighted by Gasteiger charge is 2.20. The molecule has 1 amide bonds. The van der Waals surface area contributed by atoms with Gasteiger partial charge in [0.15, 0.2) is 0 Å². The van der Waals surface area contributed by atoms with Crippen LogP contribution in [-0.4, -0.2) is 37.9 Å². The largest absolute Gasteiger partial charge is 0.326 e. The summed E-state index contributed by atoms with van der Waals surface area (Å²) in [7, 11) is -1.24. The van der Waals surface area contributed by atoms with E-state index < -0.39 is 14.9 Å². The highest BCUT2D eigenvalue weighted by Crippen LogP contribution is 2.18. The normalized spacial score (nSPS) is 11.3. The molecule has 0 aliphatic heterocycles. The van der Waals surface area contributed by atoms with Crippen LogP contribution in [0.5, 0.6) is 0 Å². The van der Waals surface area contributed by atoms with Gasteiger partial charge in [-0.1, -0.05) is 16.6 Å². The number of hydrogen-bond acceptors (Lipinski definition) is 6. The molecule has 0 saturated carbocycles. The summed E-state index contributed by atoms with van der Waals surface area (Å²) >= 11 is 0. The van der Waals surface area contributed by atoms with E-state index in [4.69, 9.17) is 0 Å². The van der Waals surface area contributed by atoms with E-state index in [2.05, 4.69) is 10.2 Å². The first-order chi connectivity index (χ1) is 12.2. The molecule has 26 heavy (non-hydrogen) atoms. The predicted molar refractivity (Wildman–Crippen MR) is 93.8 cm³/mol. The Morgan fingerprint density at radius 2 is 1.73 bits per heavy atom. The molecule has 0 aliphatic rings. The molecule has 0 atom stereocenters. The van der Waals surface area contributed by atoms with Gasteiger partial charge in [-0.05, 0) is 29.8 Å². The van der Waals surface area contributed by atoms with Crippen LogP contribution in [0.15, 0.2) is 53.4 Å². The maximum atomic E-state index is 12.1. The van der Waals surface area contributed by atoms with Crippen molar-refractivity contribution in [2.45, 2.75) is 11.3 Å². The van der Waals surface area contributed by atoms with Crippen LogP contribution < -0.4 is 5.32 Å². The number of nitrogens with one attached hydrogen (secondary N) is 1. The first kappa shape index (κ1) is 19.5. The van der Waals surface area contributed by atoms with Gasteiger partial charge in [-0.2, -0.15) is 0 Å². The number of amides is 1. The van der Waals surface area contributed by atoms with E-state index in [1.54, 1.807) is 0 Å². The number of carbonyl (C=O) groups excluding carboxylic acids is 1. The van der Waals surface area contributed by atoms with E-state index in [0.717, 1.165) is 4.47 Å². The number of carbonyl (C=O) groups is 1. The number of nitro groups is 1. The Kier molecular flexibility index (Phi) is 6.03. The summed E-state index contributed by atoms with van der Waals surface area (Å²) in [6.45, 7) is 0. The van der Waals surface area contributed by atoms with Gasteiger partial charge in [-0.25, -0.2) is 8.42 Å². The molecule has 10 heteroatoms. The zero-order valence-electron chi connectivity index (χ0n) is 14.1. The molecule has 0 bridgehead atoms. The molecule has 1 N–H and O–H groups in total. The summed E-state index contributed by atoms with van der Waals surface area (Å²) in [5.41, 5.74) is 0.997. The maximum absolute atomic E-state index is 12.1. The molecular weight excluding hydrogens is 362 g/mol. The third-order valence-corrected chi connectivity index (χ3v) is 5.24. The average Bonchev–Trinajstić information content (AvgIpc) is 2.61. The lowest BCUT2D eigenvalue weighted by Gasteiger charge is -2.14. The van der Waals surface area contributed by atoms with Crippen molar-refractivity contribution >= 4 is 27.3 Å². The minimum Gasteiger partial charge on any atom is -0.326 e. The number of non-ortho nitro benzene ring substituents is 1. The standard InChI is InChI=1S/C16H17N3O6S/c1-18(25-2)26(23,24)15-9-5-13(6-10-15)17-16(20)11-12-3-7-14(8-4-12)19(21)22/h3-10H,11H2,1-2H3,(H,17,20). The van der Waals surface area contributed by atoms with Gasteiger partial charge in [0.05, 0.1) is 23.3 Å². The lowest BCUT2D eigenvalue weighted by molar-refractivity contribution is -0.384. The quantitative estimate of drug-likeness (QED) is 0.580. The molecular formula is C16H17N3O6S. The number of hydrogen-bond donors (Lipinski definition) is 1. The fourth-order valence-corrected chi connectivity index (χ4v) is 3.06. The van der Waals surface area contributed by atoms with Crippen LogP contribution >= 0.6 is 0 Å². The molecule has 0 radical (unpaired) electrons. The maximum Gasteiger partial charge on any atom is 0.269 e. The van der Waals surface area contributed by atoms with Crippen LogP contribution in [0.1, 0.15) is 5.56 Å². The summed E-state index contributed by atoms with van der Waals surface area (Å²) in [5, 5.41) is 13.2. The van der Waals surface area contributed by atoms with Gasteiger partial charge in [0.25, 0.3) is 15.7 Å². The van der Waals surface area contributed by atoms with E-state index in [1.807, 2.05) is 0 Å². The second-order valence-corrected chi connectivity index (χ2v) is 7.21. The van der Waals surface area contributed by atoms with Crippen molar-refractivity contribution < 1.29 is 23.0 Å². The number of hydroxylamine groups is 1. The molecule has 0 heterocycles. The highest BCUT2D eigenvalue weighted by molar-refractivity contribution is 7.89. The van der Waals surface area contributed by atoms with Gasteiger partial charge in [0.1, 0.15) is 0 Å². The first-order valence-electron chi connectivity index (χ1n) is 7.40. The molecule has 9 nitrogen and oxygen atoms in total. The van der Waals surface area contributed by atoms with Crippen LogP contribution in [0, 0.1) is 10.1 Å². The van der Waals surface area contributed by atoms with E-state index >= 15 is 0 Å². The molecule has 0 spiro atoms. The van der Waals surface area contributed by atoms with Crippen molar-refractivity contribution in [3.8, 4) is 0 Å². The topological polar surface area (TPSA) is 119 Å². The predicted octanol–water partition coefficient (Wildman–Crippen LogP) is 1.96. The van der Waals surface area contributed by atoms with Crippen LogP contribution in [-0.2, 0) is 26.1 Å². The minimum atomic E-state index is -3.75. The molecule has 2 aromatic rings. The molecule has 0 unspecified atom stereocenters. The number of nitrogens with zero attached hydrogens (tertiary/aromatic N) is 2. The van der Waals surface area contributed by atoms with E-state index in [0.29, 0.717) is 11.3 Å². The fourth-order valence-electron chi connectivity index (χ4n) is 2.08. The summed E-state index contributed by atoms with van der Waals surface area (Å²) in [6.07, 6.45) is 0.0322. The van der Waals surface area contributed by atoms with E-state index in [9.17, 15) is 23.3 Å². The molecule has 2 aromatic carbocycles. The summed E-state index contributed by atoms with van der Waals surface area (Å²) in [6, 6.07) is 11.3. The van der Waals surface area contributed by atoms with Crippen molar-refractivity contribution in [2.24, 2.45) is 0 Å². The SMILES string of the molecule is CON(C)S(=O)(=O)c1ccc(NC(=O)Cc2ccc([N+](=O)[O-])cc2)cc1. The van der Waals surface area contributed by atoms with Crippen LogP contribution in [0.4, 0.5) is 11.4 Å². The Morgan fingerprint density at radius 3 is 2.23 bits per heavy atom. The second kappa shape index (κ2) is 8.04. The fraction of sp³-hybridized carbons (Fsp3) is 0.188. The lowest BCUT2D eigenvalue weighted by atomic mass is 10.1. The van der Waals surface area contributed by atoms with Crippen LogP contribution in [0.25, 0.3) is 0 Å². The number of rotatable bonds is 7. The van der Waals surface area contributed by atoms with Gasteiger partial charge in [0, 0.05) is 24.9 Å². The van der Waals surface area contributed by atoms with Gasteiger partial charge in [-0.15, -0.1) is 0 Å². The summed E-state index contributed by atoms with van der Waals surface area (Å²) in [4.78, 5) is 26.9. The first-order valence-corrected chi connectivity index (χ1v) is 8.84. The average molecular weight is 379 g/mol. The smallest absolute Gasteiger partial charge is 0.269 e. The number of sulfonamides is 1.